The van der Waals surface area contributed by atoms with Crippen LogP contribution in [0.25, 0.3) is 0 Å². The van der Waals surface area contributed by atoms with E-state index in [0.717, 1.165) is 25.2 Å². The second kappa shape index (κ2) is 5.02. The van der Waals surface area contributed by atoms with E-state index in [1.807, 2.05) is 13.0 Å². The second-order valence-electron chi connectivity index (χ2n) is 4.55. The lowest BCUT2D eigenvalue weighted by Gasteiger charge is -2.23. The van der Waals surface area contributed by atoms with Gasteiger partial charge >= 0.3 is 0 Å². The summed E-state index contributed by atoms with van der Waals surface area (Å²) in [5, 5.41) is 0. The summed E-state index contributed by atoms with van der Waals surface area (Å²) in [6.45, 7) is 3.51. The number of nitrogens with two attached hydrogens (primary N) is 1. The highest BCUT2D eigenvalue weighted by molar-refractivity contribution is 5.56. The summed E-state index contributed by atoms with van der Waals surface area (Å²) >= 11 is 0. The normalized spacial score (nSPS) is 21.9. The number of nitrogens with zero attached hydrogens (tertiary/aromatic N) is 1. The molecule has 2 rings (SSSR count). The molecule has 1 aliphatic rings. The molecular weight excluding hydrogens is 219 g/mol. The molecule has 0 aromatic heterocycles. The number of hydrogen-bond donors (Lipinski definition) is 1. The molecule has 0 amide bonds. The van der Waals surface area contributed by atoms with Gasteiger partial charge in [-0.3, -0.25) is 0 Å². The van der Waals surface area contributed by atoms with E-state index in [1.54, 1.807) is 13.2 Å². The van der Waals surface area contributed by atoms with Crippen molar-refractivity contribution < 1.29 is 9.13 Å². The average Bonchev–Trinajstić information content (AvgIpc) is 2.76. The number of benzene rings is 1. The Morgan fingerprint density at radius 3 is 2.88 bits per heavy atom. The van der Waals surface area contributed by atoms with Gasteiger partial charge in [0.15, 0.2) is 0 Å². The molecule has 0 bridgehead atoms. The number of anilines is 1. The molecule has 3 nitrogen and oxygen atoms in total. The van der Waals surface area contributed by atoms with Crippen molar-refractivity contribution in [3.05, 3.63) is 29.6 Å². The summed E-state index contributed by atoms with van der Waals surface area (Å²) in [7, 11) is 1.71. The SMILES string of the molecule is COC1CCN(c2cccc(F)c2C(C)N)C1. The number of ether oxygens (including phenoxy) is 1. The van der Waals surface area contributed by atoms with E-state index < -0.39 is 0 Å². The molecule has 17 heavy (non-hydrogen) atoms. The standard InChI is InChI=1S/C13H19FN2O/c1-9(15)13-11(14)4-3-5-12(13)16-7-6-10(8-16)17-2/h3-5,9-10H,6-8,15H2,1-2H3. The summed E-state index contributed by atoms with van der Waals surface area (Å²) in [5.74, 6) is -0.224. The lowest BCUT2D eigenvalue weighted by molar-refractivity contribution is 0.121. The summed E-state index contributed by atoms with van der Waals surface area (Å²) in [4.78, 5) is 2.15. The van der Waals surface area contributed by atoms with Crippen molar-refractivity contribution >= 4 is 5.69 Å². The first-order valence-electron chi connectivity index (χ1n) is 5.95. The highest BCUT2D eigenvalue weighted by atomic mass is 19.1. The van der Waals surface area contributed by atoms with E-state index in [0.29, 0.717) is 5.56 Å². The summed E-state index contributed by atoms with van der Waals surface area (Å²) < 4.78 is 19.1. The fourth-order valence-corrected chi connectivity index (χ4v) is 2.39. The van der Waals surface area contributed by atoms with Gasteiger partial charge in [-0.2, -0.15) is 0 Å². The van der Waals surface area contributed by atoms with Crippen molar-refractivity contribution in [1.29, 1.82) is 0 Å². The highest BCUT2D eigenvalue weighted by Crippen LogP contribution is 2.30. The minimum absolute atomic E-state index is 0.224. The Balaban J connectivity index is 2.29. The molecular formula is C13H19FN2O. The van der Waals surface area contributed by atoms with Gasteiger partial charge in [-0.05, 0) is 25.5 Å². The summed E-state index contributed by atoms with van der Waals surface area (Å²) in [5.41, 5.74) is 7.36. The van der Waals surface area contributed by atoms with Crippen LogP contribution in [0.1, 0.15) is 24.9 Å². The predicted octanol–water partition coefficient (Wildman–Crippen LogP) is 2.07. The van der Waals surface area contributed by atoms with E-state index in [-0.39, 0.29) is 18.0 Å². The van der Waals surface area contributed by atoms with Gasteiger partial charge in [-0.15, -0.1) is 0 Å². The van der Waals surface area contributed by atoms with Gasteiger partial charge in [0.1, 0.15) is 5.82 Å². The van der Waals surface area contributed by atoms with Crippen LogP contribution >= 0.6 is 0 Å². The van der Waals surface area contributed by atoms with Crippen molar-refractivity contribution in [2.45, 2.75) is 25.5 Å². The van der Waals surface area contributed by atoms with E-state index in [1.165, 1.54) is 6.07 Å². The fraction of sp³-hybridized carbons (Fsp3) is 0.538. The highest BCUT2D eigenvalue weighted by Gasteiger charge is 2.25. The maximum Gasteiger partial charge on any atom is 0.130 e. The average molecular weight is 238 g/mol. The Morgan fingerprint density at radius 2 is 2.29 bits per heavy atom. The number of hydrogen-bond acceptors (Lipinski definition) is 3. The minimum atomic E-state index is -0.298. The lowest BCUT2D eigenvalue weighted by atomic mass is 10.1. The van der Waals surface area contributed by atoms with Gasteiger partial charge in [0.25, 0.3) is 0 Å². The molecule has 1 heterocycles. The van der Waals surface area contributed by atoms with E-state index in [9.17, 15) is 4.39 Å². The third kappa shape index (κ3) is 2.42. The van der Waals surface area contributed by atoms with Crippen LogP contribution in [0, 0.1) is 5.82 Å². The lowest BCUT2D eigenvalue weighted by Crippen LogP contribution is -2.25. The van der Waals surface area contributed by atoms with Gasteiger partial charge < -0.3 is 15.4 Å². The number of rotatable bonds is 3. The Bertz CT molecular complexity index is 395. The zero-order chi connectivity index (χ0) is 12.4. The Hall–Kier alpha value is -1.13. The van der Waals surface area contributed by atoms with E-state index in [2.05, 4.69) is 4.90 Å². The van der Waals surface area contributed by atoms with Crippen LogP contribution in [0.5, 0.6) is 0 Å². The number of methoxy groups -OCH3 is 1. The molecule has 2 N–H and O–H groups in total. The van der Waals surface area contributed by atoms with Crippen molar-refractivity contribution in [2.75, 3.05) is 25.1 Å². The van der Waals surface area contributed by atoms with Crippen molar-refractivity contribution in [3.8, 4) is 0 Å². The van der Waals surface area contributed by atoms with Crippen LogP contribution in [0.4, 0.5) is 10.1 Å². The quantitative estimate of drug-likeness (QED) is 0.876. The summed E-state index contributed by atoms with van der Waals surface area (Å²) in [6, 6.07) is 4.83. The molecule has 2 unspecified atom stereocenters. The van der Waals surface area contributed by atoms with Crippen LogP contribution in [0.15, 0.2) is 18.2 Å². The molecule has 0 radical (unpaired) electrons. The van der Waals surface area contributed by atoms with Crippen LogP contribution in [0.3, 0.4) is 0 Å². The largest absolute Gasteiger partial charge is 0.380 e. The molecule has 94 valence electrons. The molecule has 0 saturated carbocycles. The van der Waals surface area contributed by atoms with Crippen LogP contribution in [-0.4, -0.2) is 26.3 Å². The van der Waals surface area contributed by atoms with Gasteiger partial charge in [0.2, 0.25) is 0 Å². The summed E-state index contributed by atoms with van der Waals surface area (Å²) in [6.07, 6.45) is 1.21. The second-order valence-corrected chi connectivity index (χ2v) is 4.55. The maximum absolute atomic E-state index is 13.8. The monoisotopic (exact) mass is 238 g/mol. The van der Waals surface area contributed by atoms with Crippen LogP contribution in [0.2, 0.25) is 0 Å². The Labute approximate surface area is 101 Å². The molecule has 1 fully saturated rings. The van der Waals surface area contributed by atoms with Crippen molar-refractivity contribution in [1.82, 2.24) is 0 Å². The molecule has 1 aromatic carbocycles. The topological polar surface area (TPSA) is 38.5 Å². The van der Waals surface area contributed by atoms with Crippen molar-refractivity contribution in [3.63, 3.8) is 0 Å². The molecule has 1 aromatic rings. The first-order chi connectivity index (χ1) is 8.13. The molecule has 4 heteroatoms. The van der Waals surface area contributed by atoms with Crippen LogP contribution < -0.4 is 10.6 Å². The molecule has 2 atom stereocenters. The van der Waals surface area contributed by atoms with Gasteiger partial charge in [0, 0.05) is 37.5 Å². The third-order valence-corrected chi connectivity index (χ3v) is 3.30. The zero-order valence-electron chi connectivity index (χ0n) is 10.3. The molecule has 1 saturated heterocycles. The fourth-order valence-electron chi connectivity index (χ4n) is 2.39. The first kappa shape index (κ1) is 12.3. The maximum atomic E-state index is 13.8. The third-order valence-electron chi connectivity index (χ3n) is 3.30. The molecule has 1 aliphatic heterocycles. The molecule has 0 aliphatic carbocycles. The van der Waals surface area contributed by atoms with Crippen molar-refractivity contribution in [2.24, 2.45) is 5.73 Å². The smallest absolute Gasteiger partial charge is 0.130 e. The minimum Gasteiger partial charge on any atom is -0.380 e. The zero-order valence-corrected chi connectivity index (χ0v) is 10.3. The Kier molecular flexibility index (Phi) is 3.64. The molecule has 0 spiro atoms. The predicted molar refractivity (Wildman–Crippen MR) is 66.6 cm³/mol. The Morgan fingerprint density at radius 1 is 1.53 bits per heavy atom. The van der Waals surface area contributed by atoms with Gasteiger partial charge in [0.05, 0.1) is 6.10 Å². The van der Waals surface area contributed by atoms with E-state index >= 15 is 0 Å². The van der Waals surface area contributed by atoms with Crippen LogP contribution in [-0.2, 0) is 4.74 Å². The van der Waals surface area contributed by atoms with Gasteiger partial charge in [-0.1, -0.05) is 6.07 Å². The van der Waals surface area contributed by atoms with Gasteiger partial charge in [-0.25, -0.2) is 4.39 Å². The van der Waals surface area contributed by atoms with E-state index in [4.69, 9.17) is 10.5 Å². The number of halogens is 1. The first-order valence-corrected chi connectivity index (χ1v) is 5.95.